The SMILES string of the molecule is CN(Cc1nc2nc[nH]c2c(=O)[nH]1)Cc1ncccc1F. The number of nitrogens with one attached hydrogen (secondary N) is 2. The molecule has 0 unspecified atom stereocenters. The minimum absolute atomic E-state index is 0.273. The van der Waals surface area contributed by atoms with Gasteiger partial charge in [-0.3, -0.25) is 14.7 Å². The number of rotatable bonds is 4. The summed E-state index contributed by atoms with van der Waals surface area (Å²) >= 11 is 0. The molecule has 0 radical (unpaired) electrons. The van der Waals surface area contributed by atoms with E-state index in [9.17, 15) is 9.18 Å². The summed E-state index contributed by atoms with van der Waals surface area (Å²) in [7, 11) is 1.79. The molecule has 2 N–H and O–H groups in total. The fourth-order valence-electron chi connectivity index (χ4n) is 2.07. The molecule has 0 aliphatic carbocycles. The first-order valence-corrected chi connectivity index (χ1v) is 6.33. The number of aromatic nitrogens is 5. The molecule has 0 amide bonds. The smallest absolute Gasteiger partial charge is 0.277 e. The molecule has 7 nitrogen and oxygen atoms in total. The van der Waals surface area contributed by atoms with Crippen molar-refractivity contribution in [1.29, 1.82) is 0 Å². The number of pyridine rings is 1. The Morgan fingerprint density at radius 1 is 1.33 bits per heavy atom. The van der Waals surface area contributed by atoms with Crippen molar-refractivity contribution < 1.29 is 4.39 Å². The third kappa shape index (κ3) is 2.79. The maximum Gasteiger partial charge on any atom is 0.277 e. The molecule has 0 aliphatic heterocycles. The van der Waals surface area contributed by atoms with Crippen molar-refractivity contribution in [1.82, 2.24) is 29.8 Å². The van der Waals surface area contributed by atoms with Gasteiger partial charge >= 0.3 is 0 Å². The van der Waals surface area contributed by atoms with E-state index >= 15 is 0 Å². The van der Waals surface area contributed by atoms with Crippen LogP contribution in [0.1, 0.15) is 11.5 Å². The third-order valence-electron chi connectivity index (χ3n) is 3.02. The summed E-state index contributed by atoms with van der Waals surface area (Å²) in [6.45, 7) is 0.670. The van der Waals surface area contributed by atoms with Gasteiger partial charge in [0.05, 0.1) is 18.6 Å². The lowest BCUT2D eigenvalue weighted by Crippen LogP contribution is -2.22. The quantitative estimate of drug-likeness (QED) is 0.741. The molecule has 0 saturated heterocycles. The lowest BCUT2D eigenvalue weighted by atomic mass is 10.3. The Kier molecular flexibility index (Phi) is 3.44. The Morgan fingerprint density at radius 3 is 3.00 bits per heavy atom. The van der Waals surface area contributed by atoms with Gasteiger partial charge in [-0.05, 0) is 19.2 Å². The summed E-state index contributed by atoms with van der Waals surface area (Å²) in [5, 5.41) is 0. The molecule has 108 valence electrons. The fraction of sp³-hybridized carbons (Fsp3) is 0.231. The highest BCUT2D eigenvalue weighted by atomic mass is 19.1. The Hall–Kier alpha value is -2.61. The number of nitrogens with zero attached hydrogens (tertiary/aromatic N) is 4. The highest BCUT2D eigenvalue weighted by Gasteiger charge is 2.10. The van der Waals surface area contributed by atoms with E-state index in [0.717, 1.165) is 0 Å². The van der Waals surface area contributed by atoms with Gasteiger partial charge in [0.2, 0.25) is 0 Å². The predicted octanol–water partition coefficient (Wildman–Crippen LogP) is 0.812. The van der Waals surface area contributed by atoms with Gasteiger partial charge < -0.3 is 9.97 Å². The second-order valence-electron chi connectivity index (χ2n) is 4.72. The minimum Gasteiger partial charge on any atom is -0.339 e. The molecule has 0 bridgehead atoms. The van der Waals surface area contributed by atoms with Crippen LogP contribution < -0.4 is 5.56 Å². The van der Waals surface area contributed by atoms with Crippen molar-refractivity contribution in [2.24, 2.45) is 0 Å². The largest absolute Gasteiger partial charge is 0.339 e. The van der Waals surface area contributed by atoms with Crippen molar-refractivity contribution in [3.05, 3.63) is 52.3 Å². The van der Waals surface area contributed by atoms with Crippen molar-refractivity contribution in [2.45, 2.75) is 13.1 Å². The van der Waals surface area contributed by atoms with E-state index in [1.54, 1.807) is 19.3 Å². The molecular weight excluding hydrogens is 275 g/mol. The molecule has 3 aromatic heterocycles. The summed E-state index contributed by atoms with van der Waals surface area (Å²) in [6.07, 6.45) is 2.96. The average Bonchev–Trinajstić information content (AvgIpc) is 2.90. The maximum atomic E-state index is 13.5. The van der Waals surface area contributed by atoms with E-state index < -0.39 is 0 Å². The molecule has 3 rings (SSSR count). The number of H-pyrrole nitrogens is 2. The first-order valence-electron chi connectivity index (χ1n) is 6.33. The van der Waals surface area contributed by atoms with Crippen LogP contribution in [0.25, 0.3) is 11.2 Å². The fourth-order valence-corrected chi connectivity index (χ4v) is 2.07. The van der Waals surface area contributed by atoms with Gasteiger partial charge in [0.15, 0.2) is 11.2 Å². The topological polar surface area (TPSA) is 90.6 Å². The molecular formula is C13H13FN6O. The number of fused-ring (bicyclic) bond motifs is 1. The summed E-state index contributed by atoms with van der Waals surface area (Å²) < 4.78 is 13.5. The normalized spacial score (nSPS) is 11.4. The van der Waals surface area contributed by atoms with Crippen LogP contribution in [0.3, 0.4) is 0 Å². The van der Waals surface area contributed by atoms with Crippen LogP contribution in [-0.2, 0) is 13.1 Å². The van der Waals surface area contributed by atoms with Crippen molar-refractivity contribution >= 4 is 11.2 Å². The molecule has 0 aromatic carbocycles. The van der Waals surface area contributed by atoms with E-state index in [-0.39, 0.29) is 11.4 Å². The van der Waals surface area contributed by atoms with Crippen LogP contribution in [0, 0.1) is 5.82 Å². The first kappa shape index (κ1) is 13.4. The molecule has 0 atom stereocenters. The molecule has 3 heterocycles. The van der Waals surface area contributed by atoms with E-state index in [0.29, 0.717) is 35.8 Å². The van der Waals surface area contributed by atoms with Gasteiger partial charge in [-0.15, -0.1) is 0 Å². The predicted molar refractivity (Wildman–Crippen MR) is 73.9 cm³/mol. The molecule has 3 aromatic rings. The van der Waals surface area contributed by atoms with Crippen LogP contribution in [-0.4, -0.2) is 36.9 Å². The maximum absolute atomic E-state index is 13.5. The number of hydrogen-bond acceptors (Lipinski definition) is 5. The summed E-state index contributed by atoms with van der Waals surface area (Å²) in [6, 6.07) is 2.91. The van der Waals surface area contributed by atoms with Crippen molar-refractivity contribution in [3.8, 4) is 0 Å². The zero-order chi connectivity index (χ0) is 14.8. The standard InChI is InChI=1S/C13H13FN6O/c1-20(5-9-8(14)3-2-4-15-9)6-10-18-12-11(13(21)19-10)16-7-17-12/h2-4,7H,5-6H2,1H3,(H2,16,17,18,19,21). The highest BCUT2D eigenvalue weighted by molar-refractivity contribution is 5.67. The van der Waals surface area contributed by atoms with E-state index in [4.69, 9.17) is 0 Å². The zero-order valence-electron chi connectivity index (χ0n) is 11.3. The number of halogens is 1. The Labute approximate surface area is 118 Å². The summed E-state index contributed by atoms with van der Waals surface area (Å²) in [5.74, 6) is 0.118. The first-order chi connectivity index (χ1) is 10.1. The lowest BCUT2D eigenvalue weighted by molar-refractivity contribution is 0.301. The van der Waals surface area contributed by atoms with Crippen LogP contribution in [0.5, 0.6) is 0 Å². The Morgan fingerprint density at radius 2 is 2.19 bits per heavy atom. The summed E-state index contributed by atoms with van der Waals surface area (Å²) in [5.41, 5.74) is 0.788. The average molecular weight is 288 g/mol. The van der Waals surface area contributed by atoms with Crippen LogP contribution >= 0.6 is 0 Å². The van der Waals surface area contributed by atoms with Crippen LogP contribution in [0.2, 0.25) is 0 Å². The van der Waals surface area contributed by atoms with E-state index in [1.807, 2.05) is 4.90 Å². The van der Waals surface area contributed by atoms with E-state index in [2.05, 4.69) is 24.9 Å². The number of aromatic amines is 2. The van der Waals surface area contributed by atoms with Gasteiger partial charge in [0.25, 0.3) is 5.56 Å². The van der Waals surface area contributed by atoms with Gasteiger partial charge in [0, 0.05) is 12.7 Å². The molecule has 0 fully saturated rings. The van der Waals surface area contributed by atoms with Gasteiger partial charge in [-0.1, -0.05) is 0 Å². The van der Waals surface area contributed by atoms with Crippen molar-refractivity contribution in [2.75, 3.05) is 7.05 Å². The number of hydrogen-bond donors (Lipinski definition) is 2. The van der Waals surface area contributed by atoms with Gasteiger partial charge in [-0.2, -0.15) is 0 Å². The Balaban J connectivity index is 1.78. The lowest BCUT2D eigenvalue weighted by Gasteiger charge is -2.15. The summed E-state index contributed by atoms with van der Waals surface area (Å²) in [4.78, 5) is 31.2. The minimum atomic E-state index is -0.353. The second-order valence-corrected chi connectivity index (χ2v) is 4.72. The third-order valence-corrected chi connectivity index (χ3v) is 3.02. The monoisotopic (exact) mass is 288 g/mol. The second kappa shape index (κ2) is 5.41. The van der Waals surface area contributed by atoms with Crippen molar-refractivity contribution in [3.63, 3.8) is 0 Å². The van der Waals surface area contributed by atoms with Gasteiger partial charge in [-0.25, -0.2) is 14.4 Å². The van der Waals surface area contributed by atoms with Gasteiger partial charge in [0.1, 0.15) is 11.6 Å². The van der Waals surface area contributed by atoms with Crippen LogP contribution in [0.4, 0.5) is 4.39 Å². The molecule has 0 spiro atoms. The van der Waals surface area contributed by atoms with E-state index in [1.165, 1.54) is 12.4 Å². The highest BCUT2D eigenvalue weighted by Crippen LogP contribution is 2.08. The van der Waals surface area contributed by atoms with Crippen LogP contribution in [0.15, 0.2) is 29.5 Å². The molecule has 0 aliphatic rings. The molecule has 8 heteroatoms. The molecule has 21 heavy (non-hydrogen) atoms. The number of imidazole rings is 1. The molecule has 0 saturated carbocycles. The Bertz CT molecular complexity index is 827. The zero-order valence-corrected chi connectivity index (χ0v) is 11.3.